The fraction of sp³-hybridized carbons (Fsp3) is 0.222. The molecule has 0 aliphatic carbocycles. The highest BCUT2D eigenvalue weighted by molar-refractivity contribution is 9.10. The summed E-state index contributed by atoms with van der Waals surface area (Å²) in [5.41, 5.74) is 1.83. The molecule has 6 heteroatoms. The maximum atomic E-state index is 12.5. The average Bonchev–Trinajstić information content (AvgIpc) is 2.85. The first-order chi connectivity index (χ1) is 11.5. The van der Waals surface area contributed by atoms with E-state index in [1.54, 1.807) is 7.11 Å². The zero-order valence-corrected chi connectivity index (χ0v) is 16.0. The summed E-state index contributed by atoms with van der Waals surface area (Å²) in [5.74, 6) is 0.615. The molecule has 0 aliphatic heterocycles. The Labute approximate surface area is 153 Å². The Morgan fingerprint density at radius 1 is 1.29 bits per heavy atom. The van der Waals surface area contributed by atoms with Crippen LogP contribution in [0.1, 0.15) is 16.1 Å². The molecule has 3 rings (SSSR count). The number of halogens is 1. The number of methoxy groups -OCH3 is 1. The smallest absolute Gasteiger partial charge is 0.230 e. The van der Waals surface area contributed by atoms with Crippen LogP contribution >= 0.6 is 27.3 Å². The summed E-state index contributed by atoms with van der Waals surface area (Å²) in [6.45, 7) is 3.93. The predicted octanol–water partition coefficient (Wildman–Crippen LogP) is 4.87. The lowest BCUT2D eigenvalue weighted by molar-refractivity contribution is -0.115. The molecule has 0 atom stereocenters. The number of aryl methyl sites for hydroxylation is 2. The number of ether oxygens (including phenoxy) is 1. The third-order valence-corrected chi connectivity index (χ3v) is 5.36. The van der Waals surface area contributed by atoms with Gasteiger partial charge in [-0.25, -0.2) is 4.98 Å². The Bertz CT molecular complexity index is 901. The number of rotatable bonds is 4. The summed E-state index contributed by atoms with van der Waals surface area (Å²) < 4.78 is 6.46. The minimum absolute atomic E-state index is 0.0996. The van der Waals surface area contributed by atoms with E-state index in [1.165, 1.54) is 11.3 Å². The Balaban J connectivity index is 1.91. The summed E-state index contributed by atoms with van der Waals surface area (Å²) >= 11 is 4.97. The number of carbonyl (C=O) groups excluding carboxylic acids is 1. The molecule has 1 N–H and O–H groups in total. The number of nitrogens with zero attached hydrogens (tertiary/aromatic N) is 1. The minimum atomic E-state index is -0.0996. The van der Waals surface area contributed by atoms with E-state index in [1.807, 2.05) is 44.2 Å². The van der Waals surface area contributed by atoms with E-state index < -0.39 is 0 Å². The third-order valence-electron chi connectivity index (χ3n) is 3.88. The Kier molecular flexibility index (Phi) is 4.87. The van der Waals surface area contributed by atoms with E-state index in [2.05, 4.69) is 26.2 Å². The molecule has 0 bridgehead atoms. The zero-order valence-electron chi connectivity index (χ0n) is 13.6. The van der Waals surface area contributed by atoms with Gasteiger partial charge in [-0.2, -0.15) is 0 Å². The van der Waals surface area contributed by atoms with E-state index >= 15 is 0 Å². The van der Waals surface area contributed by atoms with Crippen LogP contribution in [0.4, 0.5) is 5.13 Å². The maximum Gasteiger partial charge on any atom is 0.230 e. The number of hydrogen-bond donors (Lipinski definition) is 1. The second kappa shape index (κ2) is 6.91. The second-order valence-corrected chi connectivity index (χ2v) is 7.62. The van der Waals surface area contributed by atoms with Gasteiger partial charge in [0.05, 0.1) is 19.2 Å². The molecule has 0 saturated heterocycles. The lowest BCUT2D eigenvalue weighted by Gasteiger charge is -2.12. The summed E-state index contributed by atoms with van der Waals surface area (Å²) in [5, 5.41) is 5.60. The number of nitrogens with one attached hydrogen (secondary N) is 1. The van der Waals surface area contributed by atoms with E-state index in [4.69, 9.17) is 4.74 Å². The van der Waals surface area contributed by atoms with Crippen LogP contribution in [0.3, 0.4) is 0 Å². The number of carbonyl (C=O) groups is 1. The van der Waals surface area contributed by atoms with Crippen LogP contribution in [0.5, 0.6) is 5.75 Å². The number of hydrogen-bond acceptors (Lipinski definition) is 4. The molecule has 0 unspecified atom stereocenters. The first-order valence-corrected chi connectivity index (χ1v) is 9.08. The molecule has 0 fully saturated rings. The van der Waals surface area contributed by atoms with Crippen molar-refractivity contribution in [2.45, 2.75) is 20.3 Å². The van der Waals surface area contributed by atoms with Crippen LogP contribution in [0.25, 0.3) is 10.8 Å². The van der Waals surface area contributed by atoms with Crippen molar-refractivity contribution < 1.29 is 9.53 Å². The molecule has 1 aromatic heterocycles. The first-order valence-electron chi connectivity index (χ1n) is 7.47. The lowest BCUT2D eigenvalue weighted by atomic mass is 10.0. The van der Waals surface area contributed by atoms with Crippen LogP contribution in [-0.4, -0.2) is 18.0 Å². The molecule has 4 nitrogen and oxygen atoms in total. The molecule has 1 amide bonds. The lowest BCUT2D eigenvalue weighted by Crippen LogP contribution is -2.15. The molecular weight excluding hydrogens is 388 g/mol. The molecule has 24 heavy (non-hydrogen) atoms. The number of thiazole rings is 1. The normalized spacial score (nSPS) is 10.8. The van der Waals surface area contributed by atoms with E-state index in [0.717, 1.165) is 31.4 Å². The maximum absolute atomic E-state index is 12.5. The van der Waals surface area contributed by atoms with Gasteiger partial charge in [0.1, 0.15) is 5.75 Å². The number of fused-ring (bicyclic) bond motifs is 1. The average molecular weight is 405 g/mol. The fourth-order valence-electron chi connectivity index (χ4n) is 2.57. The van der Waals surface area contributed by atoms with Gasteiger partial charge in [0.15, 0.2) is 5.13 Å². The van der Waals surface area contributed by atoms with E-state index in [9.17, 15) is 4.79 Å². The fourth-order valence-corrected chi connectivity index (χ4v) is 3.78. The number of amides is 1. The largest absolute Gasteiger partial charge is 0.496 e. The van der Waals surface area contributed by atoms with Gasteiger partial charge >= 0.3 is 0 Å². The molecule has 2 aromatic carbocycles. The van der Waals surface area contributed by atoms with Crippen molar-refractivity contribution in [1.82, 2.24) is 4.98 Å². The van der Waals surface area contributed by atoms with E-state index in [-0.39, 0.29) is 12.3 Å². The van der Waals surface area contributed by atoms with Gasteiger partial charge in [-0.3, -0.25) is 4.79 Å². The van der Waals surface area contributed by atoms with Crippen LogP contribution in [0.2, 0.25) is 0 Å². The predicted molar refractivity (Wildman–Crippen MR) is 102 cm³/mol. The van der Waals surface area contributed by atoms with Crippen molar-refractivity contribution >= 4 is 49.1 Å². The zero-order chi connectivity index (χ0) is 17.3. The molecule has 0 radical (unpaired) electrons. The van der Waals surface area contributed by atoms with Crippen molar-refractivity contribution in [2.75, 3.05) is 12.4 Å². The highest BCUT2D eigenvalue weighted by Crippen LogP contribution is 2.31. The quantitative estimate of drug-likeness (QED) is 0.674. The molecular formula is C18H17BrN2O2S. The molecule has 0 saturated carbocycles. The van der Waals surface area contributed by atoms with Gasteiger partial charge in [-0.05, 0) is 42.8 Å². The van der Waals surface area contributed by atoms with Crippen LogP contribution in [0, 0.1) is 13.8 Å². The van der Waals surface area contributed by atoms with Gasteiger partial charge in [0.25, 0.3) is 0 Å². The highest BCUT2D eigenvalue weighted by Gasteiger charge is 2.14. The van der Waals surface area contributed by atoms with Gasteiger partial charge in [-0.15, -0.1) is 11.3 Å². The summed E-state index contributed by atoms with van der Waals surface area (Å²) in [6.07, 6.45) is 0.236. The van der Waals surface area contributed by atoms with Crippen molar-refractivity contribution in [1.29, 1.82) is 0 Å². The Morgan fingerprint density at radius 3 is 2.75 bits per heavy atom. The van der Waals surface area contributed by atoms with Gasteiger partial charge in [0.2, 0.25) is 5.91 Å². The summed E-state index contributed by atoms with van der Waals surface area (Å²) in [7, 11) is 1.62. The third kappa shape index (κ3) is 3.44. The molecule has 0 aliphatic rings. The van der Waals surface area contributed by atoms with Crippen LogP contribution < -0.4 is 10.1 Å². The highest BCUT2D eigenvalue weighted by atomic mass is 79.9. The van der Waals surface area contributed by atoms with Crippen molar-refractivity contribution in [3.8, 4) is 5.75 Å². The molecule has 3 aromatic rings. The number of aromatic nitrogens is 1. The molecule has 1 heterocycles. The SMILES string of the molecule is COc1ccc2cc(Br)ccc2c1CC(=O)Nc1nc(C)c(C)s1. The van der Waals surface area contributed by atoms with Crippen LogP contribution in [-0.2, 0) is 11.2 Å². The summed E-state index contributed by atoms with van der Waals surface area (Å²) in [4.78, 5) is 17.9. The molecule has 0 spiro atoms. The number of anilines is 1. The van der Waals surface area contributed by atoms with E-state index in [0.29, 0.717) is 10.9 Å². The Morgan fingerprint density at radius 2 is 2.08 bits per heavy atom. The monoisotopic (exact) mass is 404 g/mol. The molecule has 124 valence electrons. The summed E-state index contributed by atoms with van der Waals surface area (Å²) in [6, 6.07) is 9.89. The van der Waals surface area contributed by atoms with Gasteiger partial charge in [-0.1, -0.05) is 28.1 Å². The van der Waals surface area contributed by atoms with Gasteiger partial charge < -0.3 is 10.1 Å². The van der Waals surface area contributed by atoms with Crippen molar-refractivity contribution in [3.05, 3.63) is 50.9 Å². The van der Waals surface area contributed by atoms with Crippen molar-refractivity contribution in [3.63, 3.8) is 0 Å². The minimum Gasteiger partial charge on any atom is -0.496 e. The van der Waals surface area contributed by atoms with Crippen molar-refractivity contribution in [2.24, 2.45) is 0 Å². The van der Waals surface area contributed by atoms with Gasteiger partial charge in [0, 0.05) is 14.9 Å². The standard InChI is InChI=1S/C18H17BrN2O2S/c1-10-11(2)24-18(20-10)21-17(22)9-15-14-6-5-13(19)8-12(14)4-7-16(15)23-3/h4-8H,9H2,1-3H3,(H,20,21,22). The number of benzene rings is 2. The second-order valence-electron chi connectivity index (χ2n) is 5.50. The first kappa shape index (κ1) is 16.9. The van der Waals surface area contributed by atoms with Crippen LogP contribution in [0.15, 0.2) is 34.8 Å². The Hall–Kier alpha value is -1.92. The topological polar surface area (TPSA) is 51.2 Å².